The lowest BCUT2D eigenvalue weighted by Crippen LogP contribution is -2.31. The van der Waals surface area contributed by atoms with E-state index in [2.05, 4.69) is 0 Å². The molecule has 2 aliphatic heterocycles. The van der Waals surface area contributed by atoms with E-state index in [4.69, 9.17) is 19.7 Å². The minimum atomic E-state index is -0.0529. The first-order valence-corrected chi connectivity index (χ1v) is 6.32. The van der Waals surface area contributed by atoms with E-state index in [0.29, 0.717) is 12.4 Å². The number of ether oxygens (including phenoxy) is 1. The number of hydrogen-bond acceptors (Lipinski definition) is 5. The van der Waals surface area contributed by atoms with E-state index < -0.39 is 0 Å². The average molecular weight is 250 g/mol. The maximum atomic E-state index is 5.75. The molecule has 0 bridgehead atoms. The Morgan fingerprint density at radius 2 is 2.33 bits per heavy atom. The van der Waals surface area contributed by atoms with Gasteiger partial charge in [-0.1, -0.05) is 0 Å². The first-order valence-electron chi connectivity index (χ1n) is 6.32. The first kappa shape index (κ1) is 11.6. The Kier molecular flexibility index (Phi) is 3.01. The fourth-order valence-corrected chi connectivity index (χ4v) is 2.44. The smallest absolute Gasteiger partial charge is 0.207 e. The van der Waals surface area contributed by atoms with E-state index >= 15 is 0 Å². The molecule has 0 radical (unpaired) electrons. The molecule has 98 valence electrons. The van der Waals surface area contributed by atoms with E-state index in [-0.39, 0.29) is 12.1 Å². The Hall–Kier alpha value is -1.46. The Balaban J connectivity index is 1.73. The van der Waals surface area contributed by atoms with Crippen molar-refractivity contribution >= 4 is 0 Å². The van der Waals surface area contributed by atoms with Crippen LogP contribution in [0.4, 0.5) is 0 Å². The molecule has 0 aromatic carbocycles. The van der Waals surface area contributed by atoms with Gasteiger partial charge in [0.1, 0.15) is 17.6 Å². The predicted octanol–water partition coefficient (Wildman–Crippen LogP) is 1.86. The van der Waals surface area contributed by atoms with Gasteiger partial charge in [-0.15, -0.1) is 5.06 Å². The van der Waals surface area contributed by atoms with Gasteiger partial charge in [0.2, 0.25) is 5.88 Å². The first-order chi connectivity index (χ1) is 8.72. The summed E-state index contributed by atoms with van der Waals surface area (Å²) in [6.07, 6.45) is 4.28. The molecule has 1 aromatic heterocycles. The molecule has 1 saturated heterocycles. The predicted molar refractivity (Wildman–Crippen MR) is 65.2 cm³/mol. The minimum absolute atomic E-state index is 0.0529. The molecule has 2 unspecified atom stereocenters. The number of aryl methyl sites for hydroxylation is 1. The second kappa shape index (κ2) is 4.66. The maximum Gasteiger partial charge on any atom is 0.207 e. The monoisotopic (exact) mass is 250 g/mol. The van der Waals surface area contributed by atoms with Crippen LogP contribution in [0.15, 0.2) is 28.5 Å². The summed E-state index contributed by atoms with van der Waals surface area (Å²) in [7, 11) is 0. The Morgan fingerprint density at radius 3 is 3.00 bits per heavy atom. The fraction of sp³-hybridized carbons (Fsp3) is 0.538. The summed E-state index contributed by atoms with van der Waals surface area (Å²) >= 11 is 0. The molecule has 3 rings (SSSR count). The lowest BCUT2D eigenvalue weighted by molar-refractivity contribution is -0.142. The molecule has 0 amide bonds. The summed E-state index contributed by atoms with van der Waals surface area (Å²) in [5, 5.41) is 1.84. The van der Waals surface area contributed by atoms with E-state index in [0.717, 1.165) is 31.0 Å². The maximum absolute atomic E-state index is 5.75. The van der Waals surface area contributed by atoms with Gasteiger partial charge in [0.25, 0.3) is 0 Å². The normalized spacial score (nSPS) is 28.4. The van der Waals surface area contributed by atoms with Gasteiger partial charge in [-0.3, -0.25) is 0 Å². The van der Waals surface area contributed by atoms with Crippen LogP contribution < -0.4 is 5.73 Å². The van der Waals surface area contributed by atoms with Gasteiger partial charge < -0.3 is 19.7 Å². The summed E-state index contributed by atoms with van der Waals surface area (Å²) in [6.45, 7) is 3.48. The third-order valence-corrected chi connectivity index (χ3v) is 3.32. The standard InChI is InChI=1S/C13H18N2O3/c1-9-4-5-12(17-9)11-7-13(14)18-15(11)8-10-3-2-6-16-10/h4-5,7,10-11H,2-3,6,8,14H2,1H3. The molecule has 0 spiro atoms. The van der Waals surface area contributed by atoms with Crippen molar-refractivity contribution in [3.05, 3.63) is 35.6 Å². The van der Waals surface area contributed by atoms with Crippen LogP contribution in [0.1, 0.15) is 30.4 Å². The van der Waals surface area contributed by atoms with Crippen molar-refractivity contribution in [1.29, 1.82) is 0 Å². The van der Waals surface area contributed by atoms with Crippen LogP contribution in [-0.2, 0) is 9.57 Å². The number of rotatable bonds is 3. The number of hydroxylamine groups is 2. The molecule has 2 atom stereocenters. The Bertz CT molecular complexity index is 449. The highest BCUT2D eigenvalue weighted by Gasteiger charge is 2.32. The quantitative estimate of drug-likeness (QED) is 0.887. The van der Waals surface area contributed by atoms with Crippen LogP contribution >= 0.6 is 0 Å². The molecule has 5 nitrogen and oxygen atoms in total. The van der Waals surface area contributed by atoms with Gasteiger partial charge in [-0.25, -0.2) is 0 Å². The summed E-state index contributed by atoms with van der Waals surface area (Å²) in [5.41, 5.74) is 5.75. The van der Waals surface area contributed by atoms with Crippen molar-refractivity contribution in [2.45, 2.75) is 31.9 Å². The molecule has 1 fully saturated rings. The molecule has 1 aromatic rings. The van der Waals surface area contributed by atoms with Gasteiger partial charge in [-0.2, -0.15) is 0 Å². The van der Waals surface area contributed by atoms with Crippen LogP contribution in [0.5, 0.6) is 0 Å². The Morgan fingerprint density at radius 1 is 1.44 bits per heavy atom. The van der Waals surface area contributed by atoms with Crippen LogP contribution in [0.2, 0.25) is 0 Å². The molecule has 2 aliphatic rings. The van der Waals surface area contributed by atoms with Crippen LogP contribution in [0.25, 0.3) is 0 Å². The molecule has 18 heavy (non-hydrogen) atoms. The average Bonchev–Trinajstić information content (AvgIpc) is 3.01. The van der Waals surface area contributed by atoms with Crippen molar-refractivity contribution in [3.63, 3.8) is 0 Å². The molecule has 3 heterocycles. The van der Waals surface area contributed by atoms with E-state index in [9.17, 15) is 0 Å². The highest BCUT2D eigenvalue weighted by molar-refractivity contribution is 5.17. The van der Waals surface area contributed by atoms with Crippen molar-refractivity contribution in [2.75, 3.05) is 13.2 Å². The topological polar surface area (TPSA) is 60.9 Å². The molecule has 0 saturated carbocycles. The zero-order valence-corrected chi connectivity index (χ0v) is 10.5. The van der Waals surface area contributed by atoms with Crippen molar-refractivity contribution < 1.29 is 14.0 Å². The third kappa shape index (κ3) is 2.23. The van der Waals surface area contributed by atoms with Crippen molar-refractivity contribution in [1.82, 2.24) is 5.06 Å². The number of furan rings is 1. The molecule has 0 aliphatic carbocycles. The lowest BCUT2D eigenvalue weighted by atomic mass is 10.2. The number of nitrogens with two attached hydrogens (primary N) is 1. The summed E-state index contributed by atoms with van der Waals surface area (Å²) < 4.78 is 11.3. The van der Waals surface area contributed by atoms with Gasteiger partial charge in [0.15, 0.2) is 0 Å². The summed E-state index contributed by atoms with van der Waals surface area (Å²) in [5.74, 6) is 2.17. The molecule has 2 N–H and O–H groups in total. The van der Waals surface area contributed by atoms with Crippen LogP contribution in [-0.4, -0.2) is 24.3 Å². The second-order valence-electron chi connectivity index (χ2n) is 4.79. The molecular weight excluding hydrogens is 232 g/mol. The summed E-state index contributed by atoms with van der Waals surface area (Å²) in [4.78, 5) is 5.53. The second-order valence-corrected chi connectivity index (χ2v) is 4.79. The third-order valence-electron chi connectivity index (χ3n) is 3.32. The van der Waals surface area contributed by atoms with Gasteiger partial charge in [0.05, 0.1) is 12.6 Å². The zero-order chi connectivity index (χ0) is 12.5. The fourth-order valence-electron chi connectivity index (χ4n) is 2.44. The van der Waals surface area contributed by atoms with Crippen LogP contribution in [0.3, 0.4) is 0 Å². The van der Waals surface area contributed by atoms with E-state index in [1.807, 2.05) is 30.2 Å². The summed E-state index contributed by atoms with van der Waals surface area (Å²) in [6, 6.07) is 3.85. The Labute approximate surface area is 106 Å². The van der Waals surface area contributed by atoms with E-state index in [1.54, 1.807) is 0 Å². The number of hydrogen-bond donors (Lipinski definition) is 1. The number of nitrogens with zero attached hydrogens (tertiary/aromatic N) is 1. The van der Waals surface area contributed by atoms with Gasteiger partial charge >= 0.3 is 0 Å². The van der Waals surface area contributed by atoms with Crippen molar-refractivity contribution in [2.24, 2.45) is 5.73 Å². The molecule has 5 heteroatoms. The highest BCUT2D eigenvalue weighted by Crippen LogP contribution is 2.31. The SMILES string of the molecule is Cc1ccc(C2C=C(N)ON2CC2CCCO2)o1. The van der Waals surface area contributed by atoms with Crippen molar-refractivity contribution in [3.8, 4) is 0 Å². The highest BCUT2D eigenvalue weighted by atomic mass is 16.7. The molecular formula is C13H18N2O3. The van der Waals surface area contributed by atoms with Gasteiger partial charge in [0, 0.05) is 12.7 Å². The van der Waals surface area contributed by atoms with E-state index in [1.165, 1.54) is 0 Å². The lowest BCUT2D eigenvalue weighted by Gasteiger charge is -2.23. The zero-order valence-electron chi connectivity index (χ0n) is 10.5. The minimum Gasteiger partial charge on any atom is -0.464 e. The largest absolute Gasteiger partial charge is 0.464 e. The van der Waals surface area contributed by atoms with Crippen LogP contribution in [0, 0.1) is 6.92 Å². The van der Waals surface area contributed by atoms with Gasteiger partial charge in [-0.05, 0) is 31.9 Å².